The van der Waals surface area contributed by atoms with E-state index in [0.717, 1.165) is 21.2 Å². The quantitative estimate of drug-likeness (QED) is 0.577. The maximum Gasteiger partial charge on any atom is 0.146 e. The summed E-state index contributed by atoms with van der Waals surface area (Å²) in [6.07, 6.45) is 0. The average molecular weight is 159 g/mol. The first-order valence-electron chi connectivity index (χ1n) is 2.73. The highest BCUT2D eigenvalue weighted by Gasteiger charge is 1.93. The van der Waals surface area contributed by atoms with E-state index in [2.05, 4.69) is 4.98 Å². The standard InChI is InChI=1S/C5H9NOSSi/c1-4-6-5(2-7-9)3-8-4/h3H,2H2,1,9H3. The molecule has 0 fully saturated rings. The Bertz CT molecular complexity index is 189. The van der Waals surface area contributed by atoms with Crippen LogP contribution >= 0.6 is 11.3 Å². The SMILES string of the molecule is Cc1nc(CO[SiH3])cs1. The van der Waals surface area contributed by atoms with Crippen molar-refractivity contribution in [1.82, 2.24) is 4.98 Å². The zero-order valence-electron chi connectivity index (χ0n) is 5.55. The lowest BCUT2D eigenvalue weighted by molar-refractivity contribution is 0.333. The van der Waals surface area contributed by atoms with Crippen LogP contribution in [0.25, 0.3) is 0 Å². The normalized spacial score (nSPS) is 10.3. The Morgan fingerprint density at radius 2 is 2.67 bits per heavy atom. The summed E-state index contributed by atoms with van der Waals surface area (Å²) in [4.78, 5) is 4.22. The van der Waals surface area contributed by atoms with Gasteiger partial charge in [-0.2, -0.15) is 0 Å². The molecule has 1 rings (SSSR count). The lowest BCUT2D eigenvalue weighted by Crippen LogP contribution is -1.87. The highest BCUT2D eigenvalue weighted by molar-refractivity contribution is 7.09. The van der Waals surface area contributed by atoms with Gasteiger partial charge in [0.15, 0.2) is 0 Å². The predicted octanol–water partition coefficient (Wildman–Crippen LogP) is 0.249. The van der Waals surface area contributed by atoms with Gasteiger partial charge >= 0.3 is 0 Å². The first-order valence-corrected chi connectivity index (χ1v) is 4.42. The summed E-state index contributed by atoms with van der Waals surface area (Å²) in [5.74, 6) is 0. The average Bonchev–Trinajstić information content (AvgIpc) is 2.17. The summed E-state index contributed by atoms with van der Waals surface area (Å²) in [5, 5.41) is 3.15. The first-order chi connectivity index (χ1) is 4.33. The molecule has 0 radical (unpaired) electrons. The molecule has 0 spiro atoms. The molecule has 50 valence electrons. The molecule has 2 nitrogen and oxygen atoms in total. The molecular formula is C5H9NOSSi. The number of hydrogen-bond donors (Lipinski definition) is 0. The molecule has 0 aromatic carbocycles. The third kappa shape index (κ3) is 1.89. The van der Waals surface area contributed by atoms with Crippen molar-refractivity contribution in [3.63, 3.8) is 0 Å². The summed E-state index contributed by atoms with van der Waals surface area (Å²) in [6, 6.07) is 0. The van der Waals surface area contributed by atoms with Crippen LogP contribution in [0, 0.1) is 6.92 Å². The van der Waals surface area contributed by atoms with E-state index in [0.29, 0.717) is 6.61 Å². The minimum atomic E-state index is 0.691. The summed E-state index contributed by atoms with van der Waals surface area (Å²) >= 11 is 1.67. The number of aromatic nitrogens is 1. The second kappa shape index (κ2) is 3.10. The van der Waals surface area contributed by atoms with Gasteiger partial charge in [0.05, 0.1) is 17.3 Å². The van der Waals surface area contributed by atoms with Crippen molar-refractivity contribution in [2.75, 3.05) is 0 Å². The molecular weight excluding hydrogens is 150 g/mol. The summed E-state index contributed by atoms with van der Waals surface area (Å²) in [7, 11) is 0.798. The van der Waals surface area contributed by atoms with Crippen LogP contribution in [0.2, 0.25) is 0 Å². The lowest BCUT2D eigenvalue weighted by Gasteiger charge is -1.89. The summed E-state index contributed by atoms with van der Waals surface area (Å²) in [6.45, 7) is 2.69. The van der Waals surface area contributed by atoms with Crippen LogP contribution < -0.4 is 0 Å². The van der Waals surface area contributed by atoms with Gasteiger partial charge in [-0.15, -0.1) is 11.3 Å². The number of thiazole rings is 1. The van der Waals surface area contributed by atoms with Gasteiger partial charge in [0.2, 0.25) is 0 Å². The van der Waals surface area contributed by atoms with Crippen molar-refractivity contribution < 1.29 is 4.43 Å². The molecule has 0 unspecified atom stereocenters. The van der Waals surface area contributed by atoms with Gasteiger partial charge in [-0.3, -0.25) is 0 Å². The first kappa shape index (κ1) is 6.92. The zero-order valence-corrected chi connectivity index (χ0v) is 8.36. The monoisotopic (exact) mass is 159 g/mol. The molecule has 0 aliphatic carbocycles. The molecule has 0 aliphatic heterocycles. The molecule has 0 atom stereocenters. The highest BCUT2D eigenvalue weighted by atomic mass is 32.1. The Hall–Kier alpha value is -0.193. The van der Waals surface area contributed by atoms with Crippen LogP contribution in [0.5, 0.6) is 0 Å². The van der Waals surface area contributed by atoms with E-state index in [-0.39, 0.29) is 0 Å². The number of hydrogen-bond acceptors (Lipinski definition) is 3. The second-order valence-electron chi connectivity index (χ2n) is 1.79. The van der Waals surface area contributed by atoms with Gasteiger partial charge < -0.3 is 4.43 Å². The van der Waals surface area contributed by atoms with Gasteiger partial charge in [0.25, 0.3) is 0 Å². The van der Waals surface area contributed by atoms with Crippen LogP contribution in [0.3, 0.4) is 0 Å². The summed E-state index contributed by atoms with van der Waals surface area (Å²) < 4.78 is 5.02. The van der Waals surface area contributed by atoms with E-state index >= 15 is 0 Å². The number of nitrogens with zero attached hydrogens (tertiary/aromatic N) is 1. The maximum absolute atomic E-state index is 5.02. The predicted molar refractivity (Wildman–Crippen MR) is 41.6 cm³/mol. The van der Waals surface area contributed by atoms with Crippen molar-refractivity contribution in [2.45, 2.75) is 13.5 Å². The van der Waals surface area contributed by atoms with Crippen molar-refractivity contribution in [3.8, 4) is 0 Å². The van der Waals surface area contributed by atoms with E-state index in [1.165, 1.54) is 0 Å². The van der Waals surface area contributed by atoms with Crippen LogP contribution in [0.1, 0.15) is 10.7 Å². The minimum Gasteiger partial charge on any atom is -0.422 e. The Morgan fingerprint density at radius 3 is 3.11 bits per heavy atom. The van der Waals surface area contributed by atoms with Gasteiger partial charge in [-0.05, 0) is 6.92 Å². The zero-order chi connectivity index (χ0) is 6.69. The lowest BCUT2D eigenvalue weighted by atomic mass is 10.5. The molecule has 1 aromatic heterocycles. The molecule has 4 heteroatoms. The van der Waals surface area contributed by atoms with Gasteiger partial charge in [-0.25, -0.2) is 4.98 Å². The minimum absolute atomic E-state index is 0.691. The Labute approximate surface area is 61.4 Å². The van der Waals surface area contributed by atoms with Gasteiger partial charge in [0.1, 0.15) is 10.5 Å². The summed E-state index contributed by atoms with van der Waals surface area (Å²) in [5.41, 5.74) is 1.06. The van der Waals surface area contributed by atoms with E-state index < -0.39 is 0 Å². The molecule has 1 heterocycles. The molecule has 0 N–H and O–H groups in total. The van der Waals surface area contributed by atoms with Crippen LogP contribution in [-0.4, -0.2) is 15.5 Å². The van der Waals surface area contributed by atoms with E-state index in [9.17, 15) is 0 Å². The maximum atomic E-state index is 5.02. The second-order valence-corrected chi connectivity index (χ2v) is 3.43. The third-order valence-corrected chi connectivity index (χ3v) is 2.07. The molecule has 0 saturated heterocycles. The van der Waals surface area contributed by atoms with Crippen molar-refractivity contribution in [1.29, 1.82) is 0 Å². The highest BCUT2D eigenvalue weighted by Crippen LogP contribution is 2.07. The van der Waals surface area contributed by atoms with Crippen LogP contribution in [-0.2, 0) is 11.0 Å². The van der Waals surface area contributed by atoms with Gasteiger partial charge in [0, 0.05) is 5.38 Å². The van der Waals surface area contributed by atoms with Crippen molar-refractivity contribution in [3.05, 3.63) is 16.1 Å². The molecule has 0 aliphatic rings. The molecule has 9 heavy (non-hydrogen) atoms. The molecule has 1 aromatic rings. The third-order valence-electron chi connectivity index (χ3n) is 0.959. The van der Waals surface area contributed by atoms with E-state index in [1.807, 2.05) is 12.3 Å². The largest absolute Gasteiger partial charge is 0.422 e. The van der Waals surface area contributed by atoms with E-state index in [1.54, 1.807) is 11.3 Å². The number of aryl methyl sites for hydroxylation is 1. The fourth-order valence-corrected chi connectivity index (χ4v) is 1.52. The van der Waals surface area contributed by atoms with Crippen LogP contribution in [0.4, 0.5) is 0 Å². The topological polar surface area (TPSA) is 22.1 Å². The Kier molecular flexibility index (Phi) is 2.38. The fraction of sp³-hybridized carbons (Fsp3) is 0.400. The van der Waals surface area contributed by atoms with Gasteiger partial charge in [-0.1, -0.05) is 0 Å². The Balaban J connectivity index is 2.61. The molecule has 0 amide bonds. The van der Waals surface area contributed by atoms with E-state index in [4.69, 9.17) is 4.43 Å². The van der Waals surface area contributed by atoms with Crippen molar-refractivity contribution in [2.24, 2.45) is 0 Å². The number of rotatable bonds is 2. The molecule has 0 saturated carbocycles. The Morgan fingerprint density at radius 1 is 1.89 bits per heavy atom. The van der Waals surface area contributed by atoms with Crippen LogP contribution in [0.15, 0.2) is 5.38 Å². The smallest absolute Gasteiger partial charge is 0.146 e. The van der Waals surface area contributed by atoms with Crippen molar-refractivity contribution >= 4 is 21.8 Å². The molecule has 0 bridgehead atoms. The fourth-order valence-electron chi connectivity index (χ4n) is 0.622.